The van der Waals surface area contributed by atoms with E-state index in [4.69, 9.17) is 9.40 Å². The molecule has 0 bridgehead atoms. The van der Waals surface area contributed by atoms with Crippen LogP contribution >= 0.6 is 0 Å². The molecule has 0 radical (unpaired) electrons. The first-order valence-electron chi connectivity index (χ1n) is 16.2. The summed E-state index contributed by atoms with van der Waals surface area (Å²) in [5.41, 5.74) is 10.7. The van der Waals surface area contributed by atoms with Gasteiger partial charge in [-0.25, -0.2) is 4.98 Å². The molecule has 0 unspecified atom stereocenters. The van der Waals surface area contributed by atoms with Gasteiger partial charge in [-0.15, -0.1) is 0 Å². The maximum absolute atomic E-state index is 6.25. The summed E-state index contributed by atoms with van der Waals surface area (Å²) in [6.45, 7) is 0. The minimum atomic E-state index is 0.635. The van der Waals surface area contributed by atoms with Crippen LogP contribution in [0.2, 0.25) is 0 Å². The third-order valence-electron chi connectivity index (χ3n) is 9.08. The predicted octanol–water partition coefficient (Wildman–Crippen LogP) is 12.6. The molecule has 0 atom stereocenters. The average Bonchev–Trinajstić information content (AvgIpc) is 3.61. The zero-order chi connectivity index (χ0) is 31.9. The van der Waals surface area contributed by atoms with Crippen molar-refractivity contribution in [3.05, 3.63) is 182 Å². The van der Waals surface area contributed by atoms with E-state index in [-0.39, 0.29) is 0 Å². The summed E-state index contributed by atoms with van der Waals surface area (Å²) < 4.78 is 6.25. The molecule has 0 amide bonds. The molecular formula is C45H30N2O. The van der Waals surface area contributed by atoms with Gasteiger partial charge in [0.2, 0.25) is 5.89 Å². The summed E-state index contributed by atoms with van der Waals surface area (Å²) in [4.78, 5) is 7.33. The van der Waals surface area contributed by atoms with E-state index in [0.717, 1.165) is 55.3 Å². The van der Waals surface area contributed by atoms with Crippen LogP contribution in [0.5, 0.6) is 0 Å². The molecule has 0 aliphatic rings. The molecular weight excluding hydrogens is 585 g/mol. The van der Waals surface area contributed by atoms with Gasteiger partial charge in [0.25, 0.3) is 0 Å². The molecule has 3 heteroatoms. The van der Waals surface area contributed by atoms with Crippen molar-refractivity contribution in [3.63, 3.8) is 0 Å². The van der Waals surface area contributed by atoms with Crippen LogP contribution in [0, 0.1) is 0 Å². The molecule has 8 aromatic carbocycles. The molecule has 1 heterocycles. The van der Waals surface area contributed by atoms with Crippen molar-refractivity contribution in [2.75, 3.05) is 4.90 Å². The zero-order valence-corrected chi connectivity index (χ0v) is 26.1. The van der Waals surface area contributed by atoms with Gasteiger partial charge in [-0.1, -0.05) is 127 Å². The highest BCUT2D eigenvalue weighted by molar-refractivity contribution is 6.18. The highest BCUT2D eigenvalue weighted by atomic mass is 16.3. The SMILES string of the molecule is c1ccc(-c2ccc(N(c3ccc(-c4ccccc4)cc3)c3ccc4c(ccc5ccc6oc(-c7ccccc7)nc6c54)c3)cc2)cc1. The first-order chi connectivity index (χ1) is 23.8. The first-order valence-corrected chi connectivity index (χ1v) is 16.2. The minimum absolute atomic E-state index is 0.635. The van der Waals surface area contributed by atoms with Gasteiger partial charge in [-0.2, -0.15) is 0 Å². The smallest absolute Gasteiger partial charge is 0.227 e. The summed E-state index contributed by atoms with van der Waals surface area (Å²) in [6.07, 6.45) is 0. The average molecular weight is 615 g/mol. The molecule has 3 nitrogen and oxygen atoms in total. The van der Waals surface area contributed by atoms with Gasteiger partial charge in [0.15, 0.2) is 5.58 Å². The number of oxazole rings is 1. The number of anilines is 3. The number of hydrogen-bond acceptors (Lipinski definition) is 3. The van der Waals surface area contributed by atoms with E-state index in [1.807, 2.05) is 36.4 Å². The van der Waals surface area contributed by atoms with E-state index in [0.29, 0.717) is 5.89 Å². The molecule has 0 saturated heterocycles. The summed E-state index contributed by atoms with van der Waals surface area (Å²) in [7, 11) is 0. The fourth-order valence-corrected chi connectivity index (χ4v) is 6.68. The lowest BCUT2D eigenvalue weighted by atomic mass is 9.99. The highest BCUT2D eigenvalue weighted by Crippen LogP contribution is 2.40. The molecule has 1 aromatic heterocycles. The van der Waals surface area contributed by atoms with E-state index in [2.05, 4.69) is 150 Å². The summed E-state index contributed by atoms with van der Waals surface area (Å²) in [6, 6.07) is 64.1. The van der Waals surface area contributed by atoms with E-state index in [9.17, 15) is 0 Å². The quantitative estimate of drug-likeness (QED) is 0.175. The molecule has 0 N–H and O–H groups in total. The van der Waals surface area contributed by atoms with Crippen molar-refractivity contribution in [3.8, 4) is 33.7 Å². The predicted molar refractivity (Wildman–Crippen MR) is 200 cm³/mol. The summed E-state index contributed by atoms with van der Waals surface area (Å²) >= 11 is 0. The Hall–Kier alpha value is -6.45. The second kappa shape index (κ2) is 11.7. The Morgan fingerprint density at radius 3 is 1.46 bits per heavy atom. The van der Waals surface area contributed by atoms with Gasteiger partial charge < -0.3 is 9.32 Å². The lowest BCUT2D eigenvalue weighted by Crippen LogP contribution is -2.09. The fourth-order valence-electron chi connectivity index (χ4n) is 6.68. The van der Waals surface area contributed by atoms with Gasteiger partial charge in [0.05, 0.1) is 0 Å². The van der Waals surface area contributed by atoms with Gasteiger partial charge in [-0.05, 0) is 93.0 Å². The van der Waals surface area contributed by atoms with Crippen molar-refractivity contribution in [1.82, 2.24) is 4.98 Å². The van der Waals surface area contributed by atoms with E-state index in [1.165, 1.54) is 22.3 Å². The molecule has 9 rings (SSSR count). The van der Waals surface area contributed by atoms with Crippen LogP contribution in [0.4, 0.5) is 17.1 Å². The number of nitrogens with zero attached hydrogens (tertiary/aromatic N) is 2. The van der Waals surface area contributed by atoms with Gasteiger partial charge in [-0.3, -0.25) is 0 Å². The lowest BCUT2D eigenvalue weighted by Gasteiger charge is -2.26. The van der Waals surface area contributed by atoms with Gasteiger partial charge >= 0.3 is 0 Å². The van der Waals surface area contributed by atoms with Gasteiger partial charge in [0.1, 0.15) is 5.52 Å². The normalized spacial score (nSPS) is 11.3. The minimum Gasteiger partial charge on any atom is -0.436 e. The molecule has 226 valence electrons. The third-order valence-corrected chi connectivity index (χ3v) is 9.08. The molecule has 0 aliphatic carbocycles. The first kappa shape index (κ1) is 27.8. The number of benzene rings is 8. The maximum atomic E-state index is 6.25. The maximum Gasteiger partial charge on any atom is 0.227 e. The van der Waals surface area contributed by atoms with Crippen molar-refractivity contribution < 1.29 is 4.42 Å². The Balaban J connectivity index is 1.18. The Kier molecular flexibility index (Phi) is 6.80. The number of rotatable bonds is 6. The Morgan fingerprint density at radius 2 is 0.875 bits per heavy atom. The van der Waals surface area contributed by atoms with E-state index < -0.39 is 0 Å². The highest BCUT2D eigenvalue weighted by Gasteiger charge is 2.17. The molecule has 9 aromatic rings. The Morgan fingerprint density at radius 1 is 0.396 bits per heavy atom. The lowest BCUT2D eigenvalue weighted by molar-refractivity contribution is 0.620. The molecule has 0 aliphatic heterocycles. The van der Waals surface area contributed by atoms with Crippen LogP contribution in [0.15, 0.2) is 186 Å². The van der Waals surface area contributed by atoms with Crippen molar-refractivity contribution in [2.24, 2.45) is 0 Å². The Labute approximate surface area is 279 Å². The van der Waals surface area contributed by atoms with Crippen molar-refractivity contribution >= 4 is 49.7 Å². The van der Waals surface area contributed by atoms with Crippen LogP contribution in [0.1, 0.15) is 0 Å². The molecule has 0 fully saturated rings. The molecule has 0 spiro atoms. The standard InChI is InChI=1S/C45H30N2O/c1-4-10-31(11-5-1)33-18-23-38(24-19-33)47(39-25-20-34(21-26-39)32-12-6-2-7-13-32)40-27-28-41-37(30-40)17-16-35-22-29-42-44(43(35)41)46-45(48-42)36-14-8-3-9-15-36/h1-30H. The van der Waals surface area contributed by atoms with Gasteiger partial charge in [0, 0.05) is 28.0 Å². The van der Waals surface area contributed by atoms with Crippen LogP contribution in [-0.2, 0) is 0 Å². The zero-order valence-electron chi connectivity index (χ0n) is 26.1. The van der Waals surface area contributed by atoms with E-state index >= 15 is 0 Å². The number of aromatic nitrogens is 1. The molecule has 48 heavy (non-hydrogen) atoms. The summed E-state index contributed by atoms with van der Waals surface area (Å²) in [5, 5.41) is 4.53. The van der Waals surface area contributed by atoms with E-state index in [1.54, 1.807) is 0 Å². The van der Waals surface area contributed by atoms with Crippen LogP contribution in [-0.4, -0.2) is 4.98 Å². The monoisotopic (exact) mass is 614 g/mol. The third kappa shape index (κ3) is 4.99. The number of fused-ring (bicyclic) bond motifs is 5. The second-order valence-corrected chi connectivity index (χ2v) is 12.0. The Bertz CT molecular complexity index is 2440. The van der Waals surface area contributed by atoms with Crippen LogP contribution < -0.4 is 4.90 Å². The largest absolute Gasteiger partial charge is 0.436 e. The second-order valence-electron chi connectivity index (χ2n) is 12.0. The van der Waals surface area contributed by atoms with Crippen molar-refractivity contribution in [2.45, 2.75) is 0 Å². The topological polar surface area (TPSA) is 29.3 Å². The number of hydrogen-bond donors (Lipinski definition) is 0. The molecule has 0 saturated carbocycles. The van der Waals surface area contributed by atoms with Crippen molar-refractivity contribution in [1.29, 1.82) is 0 Å². The fraction of sp³-hybridized carbons (Fsp3) is 0. The van der Waals surface area contributed by atoms with Crippen LogP contribution in [0.25, 0.3) is 66.4 Å². The summed E-state index contributed by atoms with van der Waals surface area (Å²) in [5.74, 6) is 0.635. The van der Waals surface area contributed by atoms with Crippen LogP contribution in [0.3, 0.4) is 0 Å².